The monoisotopic (exact) mass is 364 g/mol. The Morgan fingerprint density at radius 1 is 1.04 bits per heavy atom. The number of benzene rings is 2. The molecular weight excluding hydrogens is 344 g/mol. The molecule has 0 aliphatic heterocycles. The van der Waals surface area contributed by atoms with Crippen LogP contribution in [0.25, 0.3) is 0 Å². The third-order valence-corrected chi connectivity index (χ3v) is 5.13. The van der Waals surface area contributed by atoms with Crippen LogP contribution in [0, 0.1) is 6.92 Å². The highest BCUT2D eigenvalue weighted by atomic mass is 32.1. The van der Waals surface area contributed by atoms with Gasteiger partial charge in [-0.2, -0.15) is 0 Å². The number of rotatable bonds is 6. The van der Waals surface area contributed by atoms with Gasteiger partial charge >= 0.3 is 0 Å². The fourth-order valence-corrected chi connectivity index (χ4v) is 3.77. The van der Waals surface area contributed by atoms with E-state index in [1.807, 2.05) is 66.9 Å². The maximum atomic E-state index is 13.2. The van der Waals surface area contributed by atoms with E-state index in [2.05, 4.69) is 0 Å². The van der Waals surface area contributed by atoms with Crippen molar-refractivity contribution in [2.24, 2.45) is 5.73 Å². The van der Waals surface area contributed by atoms with Gasteiger partial charge in [0.25, 0.3) is 5.91 Å². The number of aryl methyl sites for hydroxylation is 1. The Labute approximate surface area is 156 Å². The molecule has 0 saturated heterocycles. The van der Waals surface area contributed by atoms with E-state index < -0.39 is 11.9 Å². The van der Waals surface area contributed by atoms with Gasteiger partial charge < -0.3 is 10.6 Å². The molecule has 0 unspecified atom stereocenters. The van der Waals surface area contributed by atoms with Gasteiger partial charge in [-0.15, -0.1) is 11.3 Å². The van der Waals surface area contributed by atoms with Gasteiger partial charge in [0.2, 0.25) is 5.91 Å². The third-order valence-electron chi connectivity index (χ3n) is 4.09. The first-order valence-electron chi connectivity index (χ1n) is 8.30. The molecule has 2 N–H and O–H groups in total. The van der Waals surface area contributed by atoms with Crippen LogP contribution in [-0.2, 0) is 11.3 Å². The minimum absolute atomic E-state index is 0.218. The van der Waals surface area contributed by atoms with Gasteiger partial charge in [-0.3, -0.25) is 9.59 Å². The summed E-state index contributed by atoms with van der Waals surface area (Å²) in [5.74, 6) is -0.766. The average Bonchev–Trinajstić information content (AvgIpc) is 3.07. The molecule has 0 bridgehead atoms. The number of amides is 2. The predicted molar refractivity (Wildman–Crippen MR) is 104 cm³/mol. The minimum Gasteiger partial charge on any atom is -0.368 e. The van der Waals surface area contributed by atoms with Crippen molar-refractivity contribution >= 4 is 23.2 Å². The lowest BCUT2D eigenvalue weighted by molar-refractivity contribution is -0.122. The first kappa shape index (κ1) is 17.9. The molecule has 3 rings (SSSR count). The van der Waals surface area contributed by atoms with E-state index in [1.165, 1.54) is 0 Å². The normalized spacial score (nSPS) is 11.7. The number of hydrogen-bond acceptors (Lipinski definition) is 3. The molecule has 1 heterocycles. The van der Waals surface area contributed by atoms with Gasteiger partial charge in [0.1, 0.15) is 6.04 Å². The van der Waals surface area contributed by atoms with Crippen LogP contribution in [0.15, 0.2) is 72.1 Å². The number of carbonyl (C=O) groups excluding carboxylic acids is 2. The standard InChI is InChI=1S/C21H20N2O2S/c1-15-12-18(26-14-15)13-23(21(25)17-10-6-3-7-11-17)19(20(22)24)16-8-4-2-5-9-16/h2-12,14,19H,13H2,1H3,(H2,22,24)/t19-/m1/s1. The largest absolute Gasteiger partial charge is 0.368 e. The average molecular weight is 364 g/mol. The molecule has 0 radical (unpaired) electrons. The molecule has 1 aromatic heterocycles. The van der Waals surface area contributed by atoms with Gasteiger partial charge in [0.15, 0.2) is 0 Å². The first-order valence-corrected chi connectivity index (χ1v) is 9.18. The van der Waals surface area contributed by atoms with Gasteiger partial charge in [-0.05, 0) is 41.6 Å². The highest BCUT2D eigenvalue weighted by Gasteiger charge is 2.30. The highest BCUT2D eigenvalue weighted by molar-refractivity contribution is 7.10. The molecule has 2 aromatic carbocycles. The van der Waals surface area contributed by atoms with Crippen LogP contribution in [0.3, 0.4) is 0 Å². The number of nitrogens with two attached hydrogens (primary N) is 1. The number of thiophene rings is 1. The van der Waals surface area contributed by atoms with Crippen LogP contribution in [0.5, 0.6) is 0 Å². The van der Waals surface area contributed by atoms with E-state index in [4.69, 9.17) is 5.73 Å². The molecule has 0 spiro atoms. The van der Waals surface area contributed by atoms with Crippen LogP contribution in [0.2, 0.25) is 0 Å². The minimum atomic E-state index is -0.827. The van der Waals surface area contributed by atoms with Crippen molar-refractivity contribution in [1.29, 1.82) is 0 Å². The number of carbonyl (C=O) groups is 2. The topological polar surface area (TPSA) is 63.4 Å². The van der Waals surface area contributed by atoms with Gasteiger partial charge in [0.05, 0.1) is 6.54 Å². The van der Waals surface area contributed by atoms with Crippen LogP contribution >= 0.6 is 11.3 Å². The fourth-order valence-electron chi connectivity index (χ4n) is 2.90. The smallest absolute Gasteiger partial charge is 0.255 e. The molecule has 0 aliphatic carbocycles. The van der Waals surface area contributed by atoms with E-state index >= 15 is 0 Å². The van der Waals surface area contributed by atoms with E-state index in [-0.39, 0.29) is 5.91 Å². The summed E-state index contributed by atoms with van der Waals surface area (Å²) in [7, 11) is 0. The van der Waals surface area contributed by atoms with E-state index in [1.54, 1.807) is 28.4 Å². The predicted octanol–water partition coefficient (Wildman–Crippen LogP) is 3.93. The molecule has 0 aliphatic rings. The summed E-state index contributed by atoms with van der Waals surface area (Å²) in [4.78, 5) is 28.1. The molecule has 0 fully saturated rings. The summed E-state index contributed by atoms with van der Waals surface area (Å²) >= 11 is 1.57. The maximum Gasteiger partial charge on any atom is 0.255 e. The molecule has 1 atom stereocenters. The van der Waals surface area contributed by atoms with Crippen molar-refractivity contribution in [3.8, 4) is 0 Å². The number of nitrogens with zero attached hydrogens (tertiary/aromatic N) is 1. The second kappa shape index (κ2) is 7.97. The highest BCUT2D eigenvalue weighted by Crippen LogP contribution is 2.27. The van der Waals surface area contributed by atoms with Crippen molar-refractivity contribution in [2.75, 3.05) is 0 Å². The number of primary amides is 1. The van der Waals surface area contributed by atoms with Crippen LogP contribution in [-0.4, -0.2) is 16.7 Å². The zero-order valence-electron chi connectivity index (χ0n) is 14.5. The Bertz CT molecular complexity index is 891. The Kier molecular flexibility index (Phi) is 5.49. The summed E-state index contributed by atoms with van der Waals surface area (Å²) in [6, 6.07) is 19.4. The molecule has 4 nitrogen and oxygen atoms in total. The molecule has 0 saturated carbocycles. The molecule has 132 valence electrons. The van der Waals surface area contributed by atoms with Crippen molar-refractivity contribution in [1.82, 2.24) is 4.90 Å². The lowest BCUT2D eigenvalue weighted by Gasteiger charge is -2.30. The van der Waals surface area contributed by atoms with E-state index in [0.29, 0.717) is 17.7 Å². The SMILES string of the molecule is Cc1csc(CN(C(=O)c2ccccc2)[C@@H](C(N)=O)c2ccccc2)c1. The van der Waals surface area contributed by atoms with Gasteiger partial charge in [-0.25, -0.2) is 0 Å². The summed E-state index contributed by atoms with van der Waals surface area (Å²) in [5.41, 5.74) is 8.08. The van der Waals surface area contributed by atoms with E-state index in [0.717, 1.165) is 10.4 Å². The van der Waals surface area contributed by atoms with Crippen molar-refractivity contribution in [3.05, 3.63) is 93.7 Å². The lowest BCUT2D eigenvalue weighted by atomic mass is 10.0. The Morgan fingerprint density at radius 2 is 1.65 bits per heavy atom. The van der Waals surface area contributed by atoms with Crippen molar-refractivity contribution in [2.45, 2.75) is 19.5 Å². The van der Waals surface area contributed by atoms with Crippen LogP contribution in [0.4, 0.5) is 0 Å². The van der Waals surface area contributed by atoms with Crippen molar-refractivity contribution in [3.63, 3.8) is 0 Å². The van der Waals surface area contributed by atoms with Gasteiger partial charge in [0, 0.05) is 10.4 Å². The Hall–Kier alpha value is -2.92. The molecule has 26 heavy (non-hydrogen) atoms. The van der Waals surface area contributed by atoms with Gasteiger partial charge in [-0.1, -0.05) is 48.5 Å². The molecular formula is C21H20N2O2S. The van der Waals surface area contributed by atoms with Crippen LogP contribution in [0.1, 0.15) is 32.4 Å². The summed E-state index contributed by atoms with van der Waals surface area (Å²) in [6.45, 7) is 2.33. The first-order chi connectivity index (χ1) is 12.6. The van der Waals surface area contributed by atoms with E-state index in [9.17, 15) is 9.59 Å². The maximum absolute atomic E-state index is 13.2. The third kappa shape index (κ3) is 4.00. The Morgan fingerprint density at radius 3 is 2.19 bits per heavy atom. The zero-order valence-corrected chi connectivity index (χ0v) is 15.3. The fraction of sp³-hybridized carbons (Fsp3) is 0.143. The van der Waals surface area contributed by atoms with Crippen molar-refractivity contribution < 1.29 is 9.59 Å². The second-order valence-electron chi connectivity index (χ2n) is 6.11. The number of hydrogen-bond donors (Lipinski definition) is 1. The quantitative estimate of drug-likeness (QED) is 0.720. The molecule has 3 aromatic rings. The zero-order chi connectivity index (χ0) is 18.5. The summed E-state index contributed by atoms with van der Waals surface area (Å²) in [6.07, 6.45) is 0. The Balaban J connectivity index is 2.03. The molecule has 5 heteroatoms. The lowest BCUT2D eigenvalue weighted by Crippen LogP contribution is -2.41. The summed E-state index contributed by atoms with van der Waals surface area (Å²) in [5, 5.41) is 2.03. The molecule has 2 amide bonds. The summed E-state index contributed by atoms with van der Waals surface area (Å²) < 4.78 is 0. The van der Waals surface area contributed by atoms with Crippen LogP contribution < -0.4 is 5.73 Å². The second-order valence-corrected chi connectivity index (χ2v) is 7.10.